The number of carbonyl (C=O) groups is 1. The molecule has 2 heterocycles. The average molecular weight is 366 g/mol. The largest absolute Gasteiger partial charge is 0.305 e. The van der Waals surface area contributed by atoms with E-state index in [1.165, 1.54) is 5.56 Å². The highest BCUT2D eigenvalue weighted by Crippen LogP contribution is 2.29. The fraction of sp³-hybridized carbons (Fsp3) is 0.0870. The molecule has 4 aromatic rings. The van der Waals surface area contributed by atoms with Gasteiger partial charge in [0.15, 0.2) is 5.82 Å². The Bertz CT molecular complexity index is 1080. The number of benzene rings is 3. The van der Waals surface area contributed by atoms with Gasteiger partial charge in [-0.3, -0.25) is 4.79 Å². The molecule has 5 heteroatoms. The molecule has 136 valence electrons. The second-order valence-electron chi connectivity index (χ2n) is 6.71. The van der Waals surface area contributed by atoms with E-state index in [4.69, 9.17) is 0 Å². The van der Waals surface area contributed by atoms with E-state index in [1.54, 1.807) is 9.58 Å². The van der Waals surface area contributed by atoms with Crippen LogP contribution in [0.4, 0.5) is 5.69 Å². The number of nitrogens with zero attached hydrogens (tertiary/aromatic N) is 4. The van der Waals surface area contributed by atoms with Gasteiger partial charge in [0.25, 0.3) is 5.91 Å². The molecule has 1 aromatic heterocycles. The van der Waals surface area contributed by atoms with Gasteiger partial charge in [0, 0.05) is 17.8 Å². The predicted octanol–water partition coefficient (Wildman–Crippen LogP) is 4.14. The van der Waals surface area contributed by atoms with Crippen LogP contribution in [0.25, 0.3) is 17.1 Å². The summed E-state index contributed by atoms with van der Waals surface area (Å²) in [7, 11) is 0. The summed E-state index contributed by atoms with van der Waals surface area (Å²) in [5, 5.41) is 4.59. The highest BCUT2D eigenvalue weighted by atomic mass is 16.2. The number of amides is 1. The van der Waals surface area contributed by atoms with Gasteiger partial charge in [-0.15, -0.1) is 5.10 Å². The molecule has 0 unspecified atom stereocenters. The third-order valence-electron chi connectivity index (χ3n) is 4.96. The third kappa shape index (κ3) is 2.77. The van der Waals surface area contributed by atoms with Crippen molar-refractivity contribution in [1.82, 2.24) is 14.8 Å². The quantitative estimate of drug-likeness (QED) is 0.548. The molecule has 0 atom stereocenters. The maximum absolute atomic E-state index is 13.2. The zero-order valence-electron chi connectivity index (χ0n) is 15.2. The lowest BCUT2D eigenvalue weighted by Gasteiger charge is -2.14. The zero-order valence-corrected chi connectivity index (χ0v) is 15.2. The molecule has 28 heavy (non-hydrogen) atoms. The Morgan fingerprint density at radius 1 is 0.821 bits per heavy atom. The molecule has 0 spiro atoms. The van der Waals surface area contributed by atoms with Crippen molar-refractivity contribution in [2.45, 2.75) is 6.42 Å². The van der Waals surface area contributed by atoms with Crippen molar-refractivity contribution in [3.8, 4) is 17.1 Å². The first-order chi connectivity index (χ1) is 13.8. The molecular weight excluding hydrogens is 348 g/mol. The lowest BCUT2D eigenvalue weighted by molar-refractivity contribution is 0.0979. The molecule has 1 aliphatic rings. The normalized spacial score (nSPS) is 12.8. The number of hydrogen-bond donors (Lipinski definition) is 0. The minimum absolute atomic E-state index is 0.170. The summed E-state index contributed by atoms with van der Waals surface area (Å²) >= 11 is 0. The Morgan fingerprint density at radius 2 is 1.50 bits per heavy atom. The molecule has 0 aliphatic carbocycles. The van der Waals surface area contributed by atoms with Gasteiger partial charge in [0.1, 0.15) is 0 Å². The van der Waals surface area contributed by atoms with E-state index in [1.807, 2.05) is 78.9 Å². The molecular formula is C23H18N4O. The summed E-state index contributed by atoms with van der Waals surface area (Å²) < 4.78 is 1.74. The molecule has 0 bridgehead atoms. The van der Waals surface area contributed by atoms with Crippen LogP contribution in [0.1, 0.15) is 16.2 Å². The highest BCUT2D eigenvalue weighted by molar-refractivity contribution is 6.05. The first-order valence-corrected chi connectivity index (χ1v) is 9.29. The Hall–Kier alpha value is -3.73. The highest BCUT2D eigenvalue weighted by Gasteiger charge is 2.29. The second kappa shape index (κ2) is 6.78. The maximum atomic E-state index is 13.2. The molecule has 1 aliphatic heterocycles. The van der Waals surface area contributed by atoms with Gasteiger partial charge < -0.3 is 4.90 Å². The molecule has 5 nitrogen and oxygen atoms in total. The van der Waals surface area contributed by atoms with Crippen molar-refractivity contribution in [2.75, 3.05) is 11.4 Å². The summed E-state index contributed by atoms with van der Waals surface area (Å²) in [5.41, 5.74) is 3.92. The van der Waals surface area contributed by atoms with E-state index in [0.29, 0.717) is 12.4 Å². The fourth-order valence-electron chi connectivity index (χ4n) is 3.60. The fourth-order valence-corrected chi connectivity index (χ4v) is 3.60. The summed E-state index contributed by atoms with van der Waals surface area (Å²) in [6.07, 6.45) is 0.854. The van der Waals surface area contributed by atoms with Gasteiger partial charge in [-0.1, -0.05) is 66.7 Å². The van der Waals surface area contributed by atoms with Crippen molar-refractivity contribution in [1.29, 1.82) is 0 Å². The molecule has 5 rings (SSSR count). The number of fused-ring (bicyclic) bond motifs is 1. The minimum Gasteiger partial charge on any atom is -0.305 e. The number of aromatic nitrogens is 3. The van der Waals surface area contributed by atoms with Crippen LogP contribution in [0.3, 0.4) is 0 Å². The minimum atomic E-state index is -0.170. The van der Waals surface area contributed by atoms with E-state index in [9.17, 15) is 4.79 Å². The number of carbonyl (C=O) groups excluding carboxylic acids is 1. The average Bonchev–Trinajstić information content (AvgIpc) is 3.40. The summed E-state index contributed by atoms with van der Waals surface area (Å²) in [5.74, 6) is 0.693. The monoisotopic (exact) mass is 366 g/mol. The van der Waals surface area contributed by atoms with Crippen molar-refractivity contribution < 1.29 is 4.79 Å². The molecule has 1 amide bonds. The van der Waals surface area contributed by atoms with Gasteiger partial charge >= 0.3 is 0 Å². The van der Waals surface area contributed by atoms with Crippen LogP contribution in [0.5, 0.6) is 0 Å². The number of para-hydroxylation sites is 2. The van der Waals surface area contributed by atoms with Crippen molar-refractivity contribution in [3.63, 3.8) is 0 Å². The van der Waals surface area contributed by atoms with Crippen LogP contribution in [-0.2, 0) is 6.42 Å². The molecule has 0 radical (unpaired) electrons. The zero-order chi connectivity index (χ0) is 18.9. The Balaban J connectivity index is 1.60. The van der Waals surface area contributed by atoms with Gasteiger partial charge in [-0.05, 0) is 30.2 Å². The third-order valence-corrected chi connectivity index (χ3v) is 4.96. The van der Waals surface area contributed by atoms with Crippen LogP contribution in [0.2, 0.25) is 0 Å². The van der Waals surface area contributed by atoms with E-state index in [0.717, 1.165) is 23.4 Å². The van der Waals surface area contributed by atoms with Gasteiger partial charge in [-0.25, -0.2) is 9.67 Å². The predicted molar refractivity (Wildman–Crippen MR) is 109 cm³/mol. The Morgan fingerprint density at radius 3 is 2.29 bits per heavy atom. The van der Waals surface area contributed by atoms with Gasteiger partial charge in [-0.2, -0.15) is 0 Å². The number of rotatable bonds is 3. The van der Waals surface area contributed by atoms with Crippen molar-refractivity contribution >= 4 is 11.6 Å². The number of anilines is 1. The summed E-state index contributed by atoms with van der Waals surface area (Å²) in [6.45, 7) is 0.652. The second-order valence-corrected chi connectivity index (χ2v) is 6.71. The molecule has 0 saturated heterocycles. The van der Waals surface area contributed by atoms with Crippen LogP contribution in [0, 0.1) is 0 Å². The van der Waals surface area contributed by atoms with E-state index >= 15 is 0 Å². The number of hydrogen-bond acceptors (Lipinski definition) is 3. The Kier molecular flexibility index (Phi) is 3.98. The molecule has 0 saturated carbocycles. The van der Waals surface area contributed by atoms with E-state index < -0.39 is 0 Å². The lowest BCUT2D eigenvalue weighted by atomic mass is 10.2. The molecule has 0 fully saturated rings. The van der Waals surface area contributed by atoms with E-state index in [-0.39, 0.29) is 11.7 Å². The lowest BCUT2D eigenvalue weighted by Crippen LogP contribution is -2.30. The topological polar surface area (TPSA) is 51.0 Å². The van der Waals surface area contributed by atoms with Gasteiger partial charge in [0.2, 0.25) is 5.82 Å². The van der Waals surface area contributed by atoms with Crippen LogP contribution >= 0.6 is 0 Å². The Labute approximate surface area is 162 Å². The summed E-state index contributed by atoms with van der Waals surface area (Å²) in [6, 6.07) is 27.6. The molecule has 0 N–H and O–H groups in total. The van der Waals surface area contributed by atoms with Gasteiger partial charge in [0.05, 0.1) is 5.69 Å². The smallest absolute Gasteiger partial charge is 0.297 e. The summed E-state index contributed by atoms with van der Waals surface area (Å²) in [4.78, 5) is 19.6. The first-order valence-electron chi connectivity index (χ1n) is 9.29. The first kappa shape index (κ1) is 16.4. The standard InChI is InChI=1S/C23H18N4O/c28-23(26-16-15-17-9-7-8-14-20(17)26)21-24-22(18-10-3-1-4-11-18)27(25-21)19-12-5-2-6-13-19/h1-14H,15-16H2. The van der Waals surface area contributed by atoms with Crippen LogP contribution < -0.4 is 4.90 Å². The molecule has 3 aromatic carbocycles. The van der Waals surface area contributed by atoms with Crippen LogP contribution in [0.15, 0.2) is 84.9 Å². The van der Waals surface area contributed by atoms with E-state index in [2.05, 4.69) is 16.1 Å². The van der Waals surface area contributed by atoms with Crippen molar-refractivity contribution in [2.24, 2.45) is 0 Å². The maximum Gasteiger partial charge on any atom is 0.297 e. The van der Waals surface area contributed by atoms with Crippen LogP contribution in [-0.4, -0.2) is 27.2 Å². The van der Waals surface area contributed by atoms with Crippen molar-refractivity contribution in [3.05, 3.63) is 96.3 Å². The SMILES string of the molecule is O=C(c1nc(-c2ccccc2)n(-c2ccccc2)n1)N1CCc2ccccc21.